The van der Waals surface area contributed by atoms with Crippen LogP contribution in [-0.4, -0.2) is 24.5 Å². The van der Waals surface area contributed by atoms with Gasteiger partial charge in [-0.2, -0.15) is 0 Å². The summed E-state index contributed by atoms with van der Waals surface area (Å²) < 4.78 is 0. The van der Waals surface area contributed by atoms with Crippen LogP contribution in [0.5, 0.6) is 0 Å². The van der Waals surface area contributed by atoms with Crippen LogP contribution < -0.4 is 5.32 Å². The van der Waals surface area contributed by atoms with E-state index >= 15 is 0 Å². The fourth-order valence-corrected chi connectivity index (χ4v) is 2.83. The van der Waals surface area contributed by atoms with Crippen molar-refractivity contribution in [3.8, 4) is 0 Å². The van der Waals surface area contributed by atoms with Crippen LogP contribution in [0, 0.1) is 0 Å². The van der Waals surface area contributed by atoms with Crippen LogP contribution in [0.3, 0.4) is 0 Å². The molecule has 0 atom stereocenters. The molecule has 2 heterocycles. The first-order valence-corrected chi connectivity index (χ1v) is 6.45. The summed E-state index contributed by atoms with van der Waals surface area (Å²) in [4.78, 5) is 2.57. The maximum atomic E-state index is 3.45. The van der Waals surface area contributed by atoms with Crippen molar-refractivity contribution in [3.63, 3.8) is 0 Å². The molecular weight excluding hydrogens is 196 g/mol. The van der Waals surface area contributed by atoms with Crippen molar-refractivity contribution >= 4 is 0 Å². The van der Waals surface area contributed by atoms with Crippen molar-refractivity contribution in [1.29, 1.82) is 0 Å². The van der Waals surface area contributed by atoms with Gasteiger partial charge in [0.15, 0.2) is 0 Å². The second kappa shape index (κ2) is 4.56. The van der Waals surface area contributed by atoms with E-state index < -0.39 is 0 Å². The lowest BCUT2D eigenvalue weighted by Crippen LogP contribution is -2.24. The minimum absolute atomic E-state index is 1.06. The number of hydrogen-bond donors (Lipinski definition) is 1. The summed E-state index contributed by atoms with van der Waals surface area (Å²) >= 11 is 0. The van der Waals surface area contributed by atoms with Crippen LogP contribution in [0.15, 0.2) is 18.2 Å². The Kier molecular flexibility index (Phi) is 2.94. The average Bonchev–Trinajstić information content (AvgIpc) is 2.82. The first-order valence-electron chi connectivity index (χ1n) is 6.45. The molecule has 1 N–H and O–H groups in total. The molecule has 2 heteroatoms. The summed E-state index contributed by atoms with van der Waals surface area (Å²) in [5.74, 6) is 0. The topological polar surface area (TPSA) is 15.3 Å². The number of fused-ring (bicyclic) bond motifs is 1. The Bertz CT molecular complexity index is 367. The number of likely N-dealkylation sites (tertiary alicyclic amines) is 1. The molecule has 0 saturated carbocycles. The highest BCUT2D eigenvalue weighted by Gasteiger charge is 2.13. The van der Waals surface area contributed by atoms with Gasteiger partial charge in [0.25, 0.3) is 0 Å². The lowest BCUT2D eigenvalue weighted by atomic mass is 9.98. The smallest absolute Gasteiger partial charge is 0.0233 e. The molecule has 86 valence electrons. The van der Waals surface area contributed by atoms with Gasteiger partial charge in [-0.15, -0.1) is 0 Å². The summed E-state index contributed by atoms with van der Waals surface area (Å²) in [6.07, 6.45) is 3.96. The summed E-state index contributed by atoms with van der Waals surface area (Å²) in [7, 11) is 0. The average molecular weight is 216 g/mol. The largest absolute Gasteiger partial charge is 0.312 e. The molecule has 2 aliphatic rings. The molecule has 2 nitrogen and oxygen atoms in total. The van der Waals surface area contributed by atoms with Crippen molar-refractivity contribution in [2.45, 2.75) is 32.4 Å². The van der Waals surface area contributed by atoms with E-state index in [2.05, 4.69) is 28.4 Å². The van der Waals surface area contributed by atoms with E-state index in [0.717, 1.165) is 19.6 Å². The van der Waals surface area contributed by atoms with Gasteiger partial charge in [-0.3, -0.25) is 4.90 Å². The fourth-order valence-electron chi connectivity index (χ4n) is 2.83. The Labute approximate surface area is 97.6 Å². The molecule has 1 fully saturated rings. The van der Waals surface area contributed by atoms with Crippen molar-refractivity contribution in [3.05, 3.63) is 34.9 Å². The van der Waals surface area contributed by atoms with Gasteiger partial charge in [0.1, 0.15) is 0 Å². The summed E-state index contributed by atoms with van der Waals surface area (Å²) in [6.45, 7) is 5.92. The van der Waals surface area contributed by atoms with E-state index in [4.69, 9.17) is 0 Å². The predicted molar refractivity (Wildman–Crippen MR) is 66.4 cm³/mol. The van der Waals surface area contributed by atoms with E-state index in [0.29, 0.717) is 0 Å². The number of nitrogens with one attached hydrogen (secondary N) is 1. The molecule has 0 unspecified atom stereocenters. The minimum atomic E-state index is 1.06. The van der Waals surface area contributed by atoms with Crippen molar-refractivity contribution in [2.24, 2.45) is 0 Å². The first-order chi connectivity index (χ1) is 7.92. The minimum Gasteiger partial charge on any atom is -0.312 e. The standard InChI is InChI=1S/C14H20N2/c1-2-8-16(7-1)11-12-3-4-13-5-6-15-10-14(13)9-12/h3-4,9,15H,1-2,5-8,10-11H2. The van der Waals surface area contributed by atoms with Crippen LogP contribution in [0.4, 0.5) is 0 Å². The summed E-state index contributed by atoms with van der Waals surface area (Å²) in [5, 5.41) is 3.45. The van der Waals surface area contributed by atoms with Gasteiger partial charge in [0.2, 0.25) is 0 Å². The first kappa shape index (κ1) is 10.3. The van der Waals surface area contributed by atoms with Crippen LogP contribution in [0.2, 0.25) is 0 Å². The lowest BCUT2D eigenvalue weighted by Gasteiger charge is -2.20. The number of benzene rings is 1. The number of nitrogens with zero attached hydrogens (tertiary/aromatic N) is 1. The fraction of sp³-hybridized carbons (Fsp3) is 0.571. The van der Waals surface area contributed by atoms with E-state index in [-0.39, 0.29) is 0 Å². The third-order valence-electron chi connectivity index (χ3n) is 3.76. The highest BCUT2D eigenvalue weighted by Crippen LogP contribution is 2.18. The van der Waals surface area contributed by atoms with Crippen molar-refractivity contribution in [1.82, 2.24) is 10.2 Å². The molecule has 0 spiro atoms. The maximum absolute atomic E-state index is 3.45. The normalized spacial score (nSPS) is 21.0. The van der Waals surface area contributed by atoms with Crippen LogP contribution >= 0.6 is 0 Å². The molecule has 1 aromatic rings. The van der Waals surface area contributed by atoms with E-state index in [1.54, 1.807) is 5.56 Å². The zero-order valence-electron chi connectivity index (χ0n) is 9.84. The third kappa shape index (κ3) is 2.13. The Morgan fingerprint density at radius 3 is 2.88 bits per heavy atom. The molecule has 1 saturated heterocycles. The van der Waals surface area contributed by atoms with Gasteiger partial charge in [-0.1, -0.05) is 18.2 Å². The summed E-state index contributed by atoms with van der Waals surface area (Å²) in [5.41, 5.74) is 4.55. The van der Waals surface area contributed by atoms with E-state index in [9.17, 15) is 0 Å². The van der Waals surface area contributed by atoms with Crippen molar-refractivity contribution in [2.75, 3.05) is 19.6 Å². The van der Waals surface area contributed by atoms with E-state index in [1.165, 1.54) is 43.5 Å². The van der Waals surface area contributed by atoms with Gasteiger partial charge >= 0.3 is 0 Å². The maximum Gasteiger partial charge on any atom is 0.0233 e. The Hall–Kier alpha value is -0.860. The van der Waals surface area contributed by atoms with Crippen LogP contribution in [-0.2, 0) is 19.5 Å². The number of rotatable bonds is 2. The predicted octanol–water partition coefficient (Wildman–Crippen LogP) is 1.93. The third-order valence-corrected chi connectivity index (χ3v) is 3.76. The van der Waals surface area contributed by atoms with Crippen LogP contribution in [0.25, 0.3) is 0 Å². The molecule has 1 aromatic carbocycles. The zero-order valence-corrected chi connectivity index (χ0v) is 9.84. The molecule has 0 aliphatic carbocycles. The summed E-state index contributed by atoms with van der Waals surface area (Å²) in [6, 6.07) is 7.06. The molecule has 0 aromatic heterocycles. The van der Waals surface area contributed by atoms with Crippen LogP contribution in [0.1, 0.15) is 29.5 Å². The lowest BCUT2D eigenvalue weighted by molar-refractivity contribution is 0.331. The molecule has 16 heavy (non-hydrogen) atoms. The highest BCUT2D eigenvalue weighted by molar-refractivity contribution is 5.33. The molecule has 0 bridgehead atoms. The molecule has 0 amide bonds. The van der Waals surface area contributed by atoms with Gasteiger partial charge in [-0.05, 0) is 55.6 Å². The van der Waals surface area contributed by atoms with Crippen molar-refractivity contribution < 1.29 is 0 Å². The molecule has 3 rings (SSSR count). The molecule has 2 aliphatic heterocycles. The van der Waals surface area contributed by atoms with Gasteiger partial charge in [0, 0.05) is 13.1 Å². The molecular formula is C14H20N2. The second-order valence-electron chi connectivity index (χ2n) is 5.01. The van der Waals surface area contributed by atoms with E-state index in [1.807, 2.05) is 0 Å². The zero-order chi connectivity index (χ0) is 10.8. The Morgan fingerprint density at radius 2 is 2.00 bits per heavy atom. The Morgan fingerprint density at radius 1 is 1.12 bits per heavy atom. The van der Waals surface area contributed by atoms with Gasteiger partial charge in [0.05, 0.1) is 0 Å². The second-order valence-corrected chi connectivity index (χ2v) is 5.01. The molecule has 0 radical (unpaired) electrons. The van der Waals surface area contributed by atoms with Gasteiger partial charge in [-0.25, -0.2) is 0 Å². The van der Waals surface area contributed by atoms with Gasteiger partial charge < -0.3 is 5.32 Å². The Balaban J connectivity index is 1.74. The highest BCUT2D eigenvalue weighted by atomic mass is 15.1. The SMILES string of the molecule is c1cc2c(cc1CN1CCCC1)CNCC2. The quantitative estimate of drug-likeness (QED) is 0.812. The monoisotopic (exact) mass is 216 g/mol. The number of hydrogen-bond acceptors (Lipinski definition) is 2.